The molecule has 0 radical (unpaired) electrons. The van der Waals surface area contributed by atoms with Crippen molar-refractivity contribution in [3.8, 4) is 0 Å². The molecule has 0 aromatic heterocycles. The van der Waals surface area contributed by atoms with Crippen LogP contribution in [0.4, 0.5) is 0 Å². The Morgan fingerprint density at radius 3 is 2.50 bits per heavy atom. The molecular formula is C14H29N3O. The molecule has 0 aromatic carbocycles. The number of likely N-dealkylation sites (N-methyl/N-ethyl adjacent to an activating group) is 1. The molecule has 1 atom stereocenters. The van der Waals surface area contributed by atoms with Gasteiger partial charge in [-0.05, 0) is 51.7 Å². The van der Waals surface area contributed by atoms with E-state index in [-0.39, 0.29) is 5.54 Å². The van der Waals surface area contributed by atoms with Gasteiger partial charge in [-0.2, -0.15) is 0 Å². The fraction of sp³-hybridized carbons (Fsp3) is 1.00. The van der Waals surface area contributed by atoms with E-state index < -0.39 is 0 Å². The Morgan fingerprint density at radius 2 is 2.00 bits per heavy atom. The van der Waals surface area contributed by atoms with E-state index in [9.17, 15) is 0 Å². The van der Waals surface area contributed by atoms with Crippen molar-refractivity contribution in [3.63, 3.8) is 0 Å². The van der Waals surface area contributed by atoms with Crippen LogP contribution in [0, 0.1) is 5.92 Å². The molecule has 1 saturated carbocycles. The minimum atomic E-state index is 0.0779. The quantitative estimate of drug-likeness (QED) is 0.695. The first kappa shape index (κ1) is 14.3. The summed E-state index contributed by atoms with van der Waals surface area (Å²) < 4.78 is 5.46. The third-order valence-electron chi connectivity index (χ3n) is 4.80. The zero-order valence-corrected chi connectivity index (χ0v) is 12.0. The fourth-order valence-corrected chi connectivity index (χ4v) is 3.31. The van der Waals surface area contributed by atoms with E-state index in [2.05, 4.69) is 16.8 Å². The van der Waals surface area contributed by atoms with E-state index in [1.807, 2.05) is 0 Å². The van der Waals surface area contributed by atoms with Crippen LogP contribution in [0.15, 0.2) is 0 Å². The molecule has 106 valence electrons. The van der Waals surface area contributed by atoms with Gasteiger partial charge in [0.05, 0.1) is 12.1 Å². The van der Waals surface area contributed by atoms with Crippen LogP contribution in [0.5, 0.6) is 0 Å². The van der Waals surface area contributed by atoms with Crippen molar-refractivity contribution >= 4 is 0 Å². The van der Waals surface area contributed by atoms with Crippen LogP contribution in [0.25, 0.3) is 0 Å². The minimum absolute atomic E-state index is 0.0779. The van der Waals surface area contributed by atoms with Crippen LogP contribution in [0.1, 0.15) is 25.7 Å². The van der Waals surface area contributed by atoms with E-state index in [0.717, 1.165) is 19.1 Å². The first-order valence-corrected chi connectivity index (χ1v) is 7.35. The molecule has 1 aliphatic heterocycles. The second kappa shape index (κ2) is 6.33. The first-order chi connectivity index (χ1) is 8.73. The Hall–Kier alpha value is -0.160. The van der Waals surface area contributed by atoms with Gasteiger partial charge < -0.3 is 15.4 Å². The van der Waals surface area contributed by atoms with Crippen LogP contribution < -0.4 is 5.73 Å². The number of methoxy groups -OCH3 is 1. The maximum atomic E-state index is 6.08. The Balaban J connectivity index is 1.87. The molecular weight excluding hydrogens is 226 g/mol. The molecule has 0 amide bonds. The van der Waals surface area contributed by atoms with Gasteiger partial charge in [-0.3, -0.25) is 4.90 Å². The summed E-state index contributed by atoms with van der Waals surface area (Å²) in [6, 6.07) is 0. The molecule has 4 heteroatoms. The lowest BCUT2D eigenvalue weighted by Crippen LogP contribution is -2.58. The van der Waals surface area contributed by atoms with Crippen LogP contribution in [-0.4, -0.2) is 68.8 Å². The highest BCUT2D eigenvalue weighted by molar-refractivity contribution is 5.02. The van der Waals surface area contributed by atoms with Gasteiger partial charge in [0.1, 0.15) is 0 Å². The summed E-state index contributed by atoms with van der Waals surface area (Å²) in [5.41, 5.74) is 6.16. The lowest BCUT2D eigenvalue weighted by molar-refractivity contribution is 0.0114. The monoisotopic (exact) mass is 255 g/mol. The summed E-state index contributed by atoms with van der Waals surface area (Å²) in [6.45, 7) is 6.31. The predicted octanol–water partition coefficient (Wildman–Crippen LogP) is 0.768. The predicted molar refractivity (Wildman–Crippen MR) is 74.7 cm³/mol. The normalized spacial score (nSPS) is 24.7. The van der Waals surface area contributed by atoms with Crippen molar-refractivity contribution in [3.05, 3.63) is 0 Å². The van der Waals surface area contributed by atoms with Crippen molar-refractivity contribution < 1.29 is 4.74 Å². The van der Waals surface area contributed by atoms with Gasteiger partial charge in [0.15, 0.2) is 0 Å². The summed E-state index contributed by atoms with van der Waals surface area (Å²) in [7, 11) is 4.02. The minimum Gasteiger partial charge on any atom is -0.383 e. The molecule has 1 heterocycles. The fourth-order valence-electron chi connectivity index (χ4n) is 3.31. The first-order valence-electron chi connectivity index (χ1n) is 7.35. The summed E-state index contributed by atoms with van der Waals surface area (Å²) in [4.78, 5) is 5.03. The number of nitrogens with two attached hydrogens (primary N) is 1. The Bertz CT molecular complexity index is 251. The number of hydrogen-bond acceptors (Lipinski definition) is 4. The van der Waals surface area contributed by atoms with Gasteiger partial charge in [-0.1, -0.05) is 0 Å². The van der Waals surface area contributed by atoms with E-state index in [4.69, 9.17) is 10.5 Å². The topological polar surface area (TPSA) is 41.7 Å². The molecule has 2 N–H and O–H groups in total. The third-order valence-corrected chi connectivity index (χ3v) is 4.80. The highest BCUT2D eigenvalue weighted by Crippen LogP contribution is 2.42. The highest BCUT2D eigenvalue weighted by atomic mass is 16.5. The third kappa shape index (κ3) is 3.05. The molecule has 1 saturated heterocycles. The Morgan fingerprint density at radius 1 is 1.33 bits per heavy atom. The summed E-state index contributed by atoms with van der Waals surface area (Å²) in [6.07, 6.45) is 5.36. The maximum Gasteiger partial charge on any atom is 0.0661 e. The van der Waals surface area contributed by atoms with E-state index in [1.165, 1.54) is 45.3 Å². The Kier molecular flexibility index (Phi) is 5.01. The lowest BCUT2D eigenvalue weighted by atomic mass is 9.92. The second-order valence-corrected chi connectivity index (χ2v) is 5.99. The van der Waals surface area contributed by atoms with Gasteiger partial charge in [0, 0.05) is 26.7 Å². The summed E-state index contributed by atoms with van der Waals surface area (Å²) in [5, 5.41) is 0. The number of ether oxygens (including phenoxy) is 1. The van der Waals surface area contributed by atoms with E-state index in [0.29, 0.717) is 6.54 Å². The lowest BCUT2D eigenvalue weighted by Gasteiger charge is -2.41. The standard InChI is InChI=1S/C14H29N3O/c1-16(9-10-17-7-3-4-8-17)14(11-15,12-18-2)13-5-6-13/h13H,3-12,15H2,1-2H3. The van der Waals surface area contributed by atoms with Crippen LogP contribution in [0.3, 0.4) is 0 Å². The average Bonchev–Trinajstić information content (AvgIpc) is 3.10. The smallest absolute Gasteiger partial charge is 0.0661 e. The summed E-state index contributed by atoms with van der Waals surface area (Å²) >= 11 is 0. The average molecular weight is 255 g/mol. The largest absolute Gasteiger partial charge is 0.383 e. The van der Waals surface area contributed by atoms with Gasteiger partial charge in [-0.25, -0.2) is 0 Å². The molecule has 18 heavy (non-hydrogen) atoms. The second-order valence-electron chi connectivity index (χ2n) is 5.99. The van der Waals surface area contributed by atoms with Gasteiger partial charge in [0.2, 0.25) is 0 Å². The van der Waals surface area contributed by atoms with Crippen LogP contribution in [-0.2, 0) is 4.74 Å². The molecule has 2 aliphatic rings. The maximum absolute atomic E-state index is 6.08. The zero-order valence-electron chi connectivity index (χ0n) is 12.0. The molecule has 2 fully saturated rings. The van der Waals surface area contributed by atoms with E-state index in [1.54, 1.807) is 7.11 Å². The van der Waals surface area contributed by atoms with Gasteiger partial charge in [0.25, 0.3) is 0 Å². The molecule has 0 spiro atoms. The zero-order chi connectivity index (χ0) is 13.0. The van der Waals surface area contributed by atoms with Gasteiger partial charge >= 0.3 is 0 Å². The number of rotatable bonds is 8. The van der Waals surface area contributed by atoms with Crippen molar-refractivity contribution in [2.75, 3.05) is 53.5 Å². The van der Waals surface area contributed by atoms with Crippen molar-refractivity contribution in [1.82, 2.24) is 9.80 Å². The van der Waals surface area contributed by atoms with E-state index >= 15 is 0 Å². The molecule has 0 bridgehead atoms. The highest BCUT2D eigenvalue weighted by Gasteiger charge is 2.47. The van der Waals surface area contributed by atoms with Crippen LogP contribution >= 0.6 is 0 Å². The van der Waals surface area contributed by atoms with Crippen molar-refractivity contribution in [1.29, 1.82) is 0 Å². The molecule has 0 aromatic rings. The number of nitrogens with zero attached hydrogens (tertiary/aromatic N) is 2. The molecule has 1 unspecified atom stereocenters. The summed E-state index contributed by atoms with van der Waals surface area (Å²) in [5.74, 6) is 0.742. The molecule has 2 rings (SSSR count). The number of likely N-dealkylation sites (tertiary alicyclic amines) is 1. The van der Waals surface area contributed by atoms with Crippen molar-refractivity contribution in [2.45, 2.75) is 31.2 Å². The molecule has 1 aliphatic carbocycles. The SMILES string of the molecule is COCC(CN)(C1CC1)N(C)CCN1CCCC1. The van der Waals surface area contributed by atoms with Crippen LogP contribution in [0.2, 0.25) is 0 Å². The Labute approximate surface area is 111 Å². The molecule has 4 nitrogen and oxygen atoms in total. The van der Waals surface area contributed by atoms with Gasteiger partial charge in [-0.15, -0.1) is 0 Å². The van der Waals surface area contributed by atoms with Crippen molar-refractivity contribution in [2.24, 2.45) is 11.7 Å². The number of hydrogen-bond donors (Lipinski definition) is 1.